The molecule has 0 radical (unpaired) electrons. The van der Waals surface area contributed by atoms with Crippen LogP contribution in [-0.4, -0.2) is 64.1 Å². The highest BCUT2D eigenvalue weighted by atomic mass is 35.5. The Morgan fingerprint density at radius 2 is 1.98 bits per heavy atom. The molecule has 1 aromatic heterocycles. The van der Waals surface area contributed by atoms with Crippen molar-refractivity contribution in [3.63, 3.8) is 0 Å². The first kappa shape index (κ1) is 36.5. The van der Waals surface area contributed by atoms with E-state index in [4.69, 9.17) is 21.1 Å². The Morgan fingerprint density at radius 3 is 2.75 bits per heavy atom. The molecule has 2 N–H and O–H groups in total. The van der Waals surface area contributed by atoms with Crippen LogP contribution in [0.4, 0.5) is 10.5 Å². The second kappa shape index (κ2) is 15.6. The van der Waals surface area contributed by atoms with Gasteiger partial charge in [0.1, 0.15) is 15.7 Å². The Balaban J connectivity index is 1.24. The van der Waals surface area contributed by atoms with Crippen LogP contribution < -0.4 is 19.7 Å². The predicted octanol–water partition coefficient (Wildman–Crippen LogP) is 6.81. The van der Waals surface area contributed by atoms with Crippen LogP contribution in [0, 0.1) is 17.8 Å². The number of rotatable bonds is 4. The monoisotopic (exact) mass is 748 g/mol. The zero-order valence-corrected chi connectivity index (χ0v) is 31.7. The van der Waals surface area contributed by atoms with Crippen LogP contribution in [-0.2, 0) is 34.7 Å². The van der Waals surface area contributed by atoms with Gasteiger partial charge in [0.2, 0.25) is 0 Å². The lowest BCUT2D eigenvalue weighted by molar-refractivity contribution is 0.0133. The maximum absolute atomic E-state index is 14.6. The number of benzene rings is 2. The molecule has 13 heteroatoms. The number of nitrogens with zero attached hydrogens (tertiary/aromatic N) is 4. The summed E-state index contributed by atoms with van der Waals surface area (Å²) >= 11 is 6.47. The molecule has 3 heterocycles. The van der Waals surface area contributed by atoms with Gasteiger partial charge in [0.15, 0.2) is 0 Å². The maximum Gasteiger partial charge on any atom is 0.327 e. The first-order valence-electron chi connectivity index (χ1n) is 18.4. The molecule has 2 bridgehead atoms. The van der Waals surface area contributed by atoms with Crippen molar-refractivity contribution in [2.45, 2.75) is 76.5 Å². The summed E-state index contributed by atoms with van der Waals surface area (Å²) in [6.45, 7) is 3.83. The van der Waals surface area contributed by atoms with E-state index < -0.39 is 21.9 Å². The Morgan fingerprint density at radius 1 is 1.12 bits per heavy atom. The molecule has 0 saturated heterocycles. The molecule has 2 aliphatic heterocycles. The maximum atomic E-state index is 14.6. The number of urea groups is 1. The second-order valence-electron chi connectivity index (χ2n) is 14.9. The number of fused-ring (bicyclic) bond motifs is 3. The van der Waals surface area contributed by atoms with Crippen molar-refractivity contribution in [2.75, 3.05) is 30.9 Å². The van der Waals surface area contributed by atoms with Crippen LogP contribution >= 0.6 is 11.6 Å². The Kier molecular flexibility index (Phi) is 11.0. The lowest BCUT2D eigenvalue weighted by Crippen LogP contribution is -2.43. The normalized spacial score (nSPS) is 29.8. The number of halogens is 1. The fourth-order valence-corrected chi connectivity index (χ4v) is 9.97. The van der Waals surface area contributed by atoms with E-state index in [1.54, 1.807) is 24.1 Å². The van der Waals surface area contributed by atoms with Crippen molar-refractivity contribution in [3.05, 3.63) is 88.2 Å². The smallest absolute Gasteiger partial charge is 0.327 e. The van der Waals surface area contributed by atoms with Gasteiger partial charge in [-0.3, -0.25) is 14.2 Å². The lowest BCUT2D eigenvalue weighted by Gasteiger charge is -2.43. The number of aromatic nitrogens is 2. The topological polar surface area (TPSA) is 127 Å². The van der Waals surface area contributed by atoms with Gasteiger partial charge < -0.3 is 19.7 Å². The number of hydrogen-bond donors (Lipinski definition) is 2. The van der Waals surface area contributed by atoms with Gasteiger partial charge in [-0.2, -0.15) is 5.10 Å². The molecule has 2 aromatic carbocycles. The highest BCUT2D eigenvalue weighted by Gasteiger charge is 2.42. The molecule has 3 aromatic rings. The van der Waals surface area contributed by atoms with Crippen LogP contribution in [0.5, 0.6) is 5.75 Å². The standard InChI is InChI=1S/C39H49ClN6O5S/c1-25-7-6-9-36(50-3)31-14-11-29(31)23-46-22-28-10-13-30(40)19-26(28)8-4-5-18-51-37-15-12-27(20-35(37)46)38(47)43-52(49,24-25)44-39(48)42-33-21-32(33)34-16-17-41-45(34)2/h6,9-10,12-13,15-17,19-20,25,29,31-33,36H,4-5,7-8,11,14,18,21-24H2,1-3H3,(H2,42,43,44,47,48,49)/b9-6+/t25-,29-,31+,32+,33+,36-,52-/m0/s1. The van der Waals surface area contributed by atoms with Crippen molar-refractivity contribution >= 4 is 39.1 Å². The zero-order chi connectivity index (χ0) is 36.4. The molecular weight excluding hydrogens is 700 g/mol. The molecule has 0 spiro atoms. The highest BCUT2D eigenvalue weighted by molar-refractivity contribution is 7.92. The molecule has 2 aliphatic carbocycles. The fraction of sp³-hybridized carbons (Fsp3) is 0.513. The largest absolute Gasteiger partial charge is 0.491 e. The number of methoxy groups -OCH3 is 1. The minimum Gasteiger partial charge on any atom is -0.491 e. The van der Waals surface area contributed by atoms with E-state index in [2.05, 4.69) is 48.7 Å². The molecule has 11 nitrogen and oxygen atoms in total. The molecule has 4 aliphatic rings. The van der Waals surface area contributed by atoms with Crippen molar-refractivity contribution in [2.24, 2.45) is 29.2 Å². The van der Waals surface area contributed by atoms with E-state index >= 15 is 0 Å². The van der Waals surface area contributed by atoms with Gasteiger partial charge in [0, 0.05) is 61.7 Å². The first-order valence-corrected chi connectivity index (χ1v) is 20.5. The van der Waals surface area contributed by atoms with E-state index in [9.17, 15) is 13.8 Å². The Bertz CT molecular complexity index is 1960. The summed E-state index contributed by atoms with van der Waals surface area (Å²) in [5.74, 6) is 0.714. The van der Waals surface area contributed by atoms with Crippen LogP contribution in [0.25, 0.3) is 0 Å². The summed E-state index contributed by atoms with van der Waals surface area (Å²) in [5.41, 5.74) is 4.48. The van der Waals surface area contributed by atoms with Gasteiger partial charge in [-0.15, -0.1) is 4.36 Å². The van der Waals surface area contributed by atoms with Gasteiger partial charge in [0.25, 0.3) is 5.91 Å². The molecule has 2 saturated carbocycles. The van der Waals surface area contributed by atoms with Crippen LogP contribution in [0.2, 0.25) is 5.02 Å². The molecule has 7 rings (SSSR count). The molecule has 278 valence electrons. The van der Waals surface area contributed by atoms with Crippen molar-refractivity contribution in [3.8, 4) is 5.75 Å². The van der Waals surface area contributed by atoms with Gasteiger partial charge >= 0.3 is 6.03 Å². The summed E-state index contributed by atoms with van der Waals surface area (Å²) in [4.78, 5) is 29.7. The quantitative estimate of drug-likeness (QED) is 0.281. The minimum absolute atomic E-state index is 0.00947. The van der Waals surface area contributed by atoms with E-state index in [0.29, 0.717) is 42.2 Å². The molecule has 7 atom stereocenters. The van der Waals surface area contributed by atoms with E-state index in [1.807, 2.05) is 38.2 Å². The number of carbonyl (C=O) groups is 2. The van der Waals surface area contributed by atoms with Crippen LogP contribution in [0.15, 0.2) is 65.2 Å². The number of allylic oxidation sites excluding steroid dienone is 1. The summed E-state index contributed by atoms with van der Waals surface area (Å²) in [5, 5.41) is 7.89. The molecule has 0 unspecified atom stereocenters. The Hall–Kier alpha value is -3.87. The zero-order valence-electron chi connectivity index (χ0n) is 30.1. The number of hydrogen-bond acceptors (Lipinski definition) is 7. The molecular formula is C39H49ClN6O5S. The van der Waals surface area contributed by atoms with Gasteiger partial charge in [-0.05, 0) is 110 Å². The number of aryl methyl sites for hydroxylation is 2. The van der Waals surface area contributed by atoms with Gasteiger partial charge in [-0.25, -0.2) is 9.00 Å². The third-order valence-corrected chi connectivity index (χ3v) is 13.2. The van der Waals surface area contributed by atoms with E-state index in [-0.39, 0.29) is 35.3 Å². The summed E-state index contributed by atoms with van der Waals surface area (Å²) in [7, 11) is 0.105. The van der Waals surface area contributed by atoms with Crippen molar-refractivity contribution in [1.82, 2.24) is 19.8 Å². The first-order chi connectivity index (χ1) is 25.1. The average molecular weight is 749 g/mol. The third kappa shape index (κ3) is 8.34. The number of amides is 3. The van der Waals surface area contributed by atoms with Crippen molar-refractivity contribution < 1.29 is 23.3 Å². The van der Waals surface area contributed by atoms with Crippen LogP contribution in [0.3, 0.4) is 0 Å². The van der Waals surface area contributed by atoms with E-state index in [0.717, 1.165) is 56.5 Å². The minimum atomic E-state index is -3.52. The Labute approximate surface area is 311 Å². The second-order valence-corrected chi connectivity index (χ2v) is 17.3. The predicted molar refractivity (Wildman–Crippen MR) is 203 cm³/mol. The fourth-order valence-electron chi connectivity index (χ4n) is 7.95. The molecule has 52 heavy (non-hydrogen) atoms. The summed E-state index contributed by atoms with van der Waals surface area (Å²) < 4.78 is 35.7. The third-order valence-electron chi connectivity index (χ3n) is 11.0. The number of anilines is 1. The summed E-state index contributed by atoms with van der Waals surface area (Å²) in [6.07, 6.45) is 12.0. The van der Waals surface area contributed by atoms with Gasteiger partial charge in [-0.1, -0.05) is 36.7 Å². The number of nitrogens with one attached hydrogen (secondary N) is 2. The molecule has 3 amide bonds. The number of carbonyl (C=O) groups excluding carboxylic acids is 2. The average Bonchev–Trinajstić information content (AvgIpc) is 3.71. The molecule has 2 fully saturated rings. The lowest BCUT2D eigenvalue weighted by atomic mass is 9.70. The SMILES string of the molecule is CO[C@H]1/C=C/C[C@H](C)C[S@@](=O)(NC(=O)N[C@@H]2C[C@H]2c2ccnn2C)=NC(=O)c2ccc3c(c2)N(Cc2ccc(Cl)cc2CCCCO3)C[C@@H]2CC[C@H]21. The van der Waals surface area contributed by atoms with E-state index in [1.165, 1.54) is 11.1 Å². The van der Waals surface area contributed by atoms with Gasteiger partial charge in [0.05, 0.1) is 24.2 Å². The number of ether oxygens (including phenoxy) is 2. The summed E-state index contributed by atoms with van der Waals surface area (Å²) in [6, 6.07) is 12.6. The van der Waals surface area contributed by atoms with Crippen LogP contribution in [0.1, 0.15) is 78.5 Å². The highest BCUT2D eigenvalue weighted by Crippen LogP contribution is 2.43. The van der Waals surface area contributed by atoms with Crippen molar-refractivity contribution in [1.29, 1.82) is 0 Å².